The van der Waals surface area contributed by atoms with E-state index in [0.29, 0.717) is 12.1 Å². The van der Waals surface area contributed by atoms with Crippen LogP contribution in [0.2, 0.25) is 0 Å². The minimum absolute atomic E-state index is 0.579. The van der Waals surface area contributed by atoms with Crippen LogP contribution in [0.5, 0.6) is 5.75 Å². The third-order valence-electron chi connectivity index (χ3n) is 4.11. The van der Waals surface area contributed by atoms with Gasteiger partial charge in [0, 0.05) is 25.2 Å². The molecular weight excluding hydrogens is 260 g/mol. The van der Waals surface area contributed by atoms with E-state index in [2.05, 4.69) is 24.1 Å². The van der Waals surface area contributed by atoms with Crippen molar-refractivity contribution in [3.8, 4) is 5.75 Å². The molecule has 0 radical (unpaired) electrons. The Kier molecular flexibility index (Phi) is 7.04. The quantitative estimate of drug-likeness (QED) is 0.743. The third-order valence-corrected chi connectivity index (χ3v) is 4.11. The highest BCUT2D eigenvalue weighted by Gasteiger charge is 2.21. The second kappa shape index (κ2) is 9.06. The number of ether oxygens (including phenoxy) is 1. The topological polar surface area (TPSA) is 24.5 Å². The Morgan fingerprint density at radius 2 is 2.05 bits per heavy atom. The Bertz CT molecular complexity index is 380. The first-order chi connectivity index (χ1) is 10.3. The van der Waals surface area contributed by atoms with Gasteiger partial charge in [0.15, 0.2) is 0 Å². The van der Waals surface area contributed by atoms with E-state index in [1.54, 1.807) is 0 Å². The summed E-state index contributed by atoms with van der Waals surface area (Å²) in [6.07, 6.45) is 5.16. The molecule has 1 aromatic carbocycles. The summed E-state index contributed by atoms with van der Waals surface area (Å²) in [4.78, 5) is 2.65. The summed E-state index contributed by atoms with van der Waals surface area (Å²) in [5.74, 6) is 0.981. The molecule has 0 spiro atoms. The maximum absolute atomic E-state index is 5.79. The van der Waals surface area contributed by atoms with Crippen molar-refractivity contribution < 1.29 is 4.74 Å². The summed E-state index contributed by atoms with van der Waals surface area (Å²) in [6, 6.07) is 11.4. The fourth-order valence-corrected chi connectivity index (χ4v) is 2.93. The Hall–Kier alpha value is -1.06. The molecule has 1 aliphatic heterocycles. The number of likely N-dealkylation sites (tertiary alicyclic amines) is 1. The summed E-state index contributed by atoms with van der Waals surface area (Å²) < 4.78 is 5.79. The maximum Gasteiger partial charge on any atom is 0.119 e. The smallest absolute Gasteiger partial charge is 0.119 e. The zero-order chi connectivity index (χ0) is 14.9. The molecule has 1 aromatic rings. The molecule has 3 nitrogen and oxygen atoms in total. The van der Waals surface area contributed by atoms with Gasteiger partial charge in [-0.3, -0.25) is 4.90 Å². The molecular formula is C18H30N2O. The van der Waals surface area contributed by atoms with Crippen LogP contribution in [0.4, 0.5) is 0 Å². The number of piperidine rings is 1. The van der Waals surface area contributed by atoms with E-state index >= 15 is 0 Å². The normalized spacial score (nSPS) is 19.9. The predicted octanol–water partition coefficient (Wildman–Crippen LogP) is 3.31. The molecule has 1 N–H and O–H groups in total. The van der Waals surface area contributed by atoms with Gasteiger partial charge in [0.25, 0.3) is 0 Å². The first-order valence-corrected chi connectivity index (χ1v) is 8.41. The Morgan fingerprint density at radius 1 is 1.24 bits per heavy atom. The highest BCUT2D eigenvalue weighted by Crippen LogP contribution is 2.17. The van der Waals surface area contributed by atoms with E-state index in [9.17, 15) is 0 Å². The molecule has 21 heavy (non-hydrogen) atoms. The summed E-state index contributed by atoms with van der Waals surface area (Å²) in [7, 11) is 0. The van der Waals surface area contributed by atoms with Crippen molar-refractivity contribution in [3.05, 3.63) is 30.3 Å². The number of hydrogen-bond donors (Lipinski definition) is 1. The van der Waals surface area contributed by atoms with Gasteiger partial charge in [0.1, 0.15) is 5.75 Å². The van der Waals surface area contributed by atoms with Crippen LogP contribution in [0.1, 0.15) is 39.5 Å². The molecule has 2 rings (SSSR count). The standard InChI is InChI=1S/C18H30N2O/c1-16(2)19-15-17-9-6-7-12-20(17)13-8-14-21-18-10-4-3-5-11-18/h3-5,10-11,16-17,19H,6-9,12-15H2,1-2H3. The number of rotatable bonds is 8. The second-order valence-corrected chi connectivity index (χ2v) is 6.26. The fourth-order valence-electron chi connectivity index (χ4n) is 2.93. The van der Waals surface area contributed by atoms with Crippen LogP contribution in [0.15, 0.2) is 30.3 Å². The van der Waals surface area contributed by atoms with Crippen molar-refractivity contribution in [2.45, 2.75) is 51.6 Å². The van der Waals surface area contributed by atoms with Crippen molar-refractivity contribution in [2.75, 3.05) is 26.2 Å². The zero-order valence-electron chi connectivity index (χ0n) is 13.6. The van der Waals surface area contributed by atoms with E-state index in [0.717, 1.165) is 31.9 Å². The van der Waals surface area contributed by atoms with E-state index in [4.69, 9.17) is 4.74 Å². The van der Waals surface area contributed by atoms with Gasteiger partial charge in [-0.1, -0.05) is 38.5 Å². The Labute approximate surface area is 129 Å². The van der Waals surface area contributed by atoms with Crippen LogP contribution in [-0.2, 0) is 0 Å². The lowest BCUT2D eigenvalue weighted by molar-refractivity contribution is 0.133. The lowest BCUT2D eigenvalue weighted by Gasteiger charge is -2.36. The van der Waals surface area contributed by atoms with Crippen molar-refractivity contribution in [3.63, 3.8) is 0 Å². The molecule has 1 aliphatic rings. The zero-order valence-corrected chi connectivity index (χ0v) is 13.6. The van der Waals surface area contributed by atoms with Gasteiger partial charge in [-0.2, -0.15) is 0 Å². The second-order valence-electron chi connectivity index (χ2n) is 6.26. The number of nitrogens with zero attached hydrogens (tertiary/aromatic N) is 1. The number of nitrogens with one attached hydrogen (secondary N) is 1. The lowest BCUT2D eigenvalue weighted by Crippen LogP contribution is -2.47. The molecule has 1 fully saturated rings. The van der Waals surface area contributed by atoms with Gasteiger partial charge < -0.3 is 10.1 Å². The number of para-hydroxylation sites is 1. The van der Waals surface area contributed by atoms with Crippen molar-refractivity contribution in [1.82, 2.24) is 10.2 Å². The van der Waals surface area contributed by atoms with Crippen LogP contribution >= 0.6 is 0 Å². The monoisotopic (exact) mass is 290 g/mol. The lowest BCUT2D eigenvalue weighted by atomic mass is 10.0. The van der Waals surface area contributed by atoms with Gasteiger partial charge >= 0.3 is 0 Å². The first kappa shape index (κ1) is 16.3. The average molecular weight is 290 g/mol. The van der Waals surface area contributed by atoms with E-state index < -0.39 is 0 Å². The van der Waals surface area contributed by atoms with Crippen molar-refractivity contribution in [2.24, 2.45) is 0 Å². The first-order valence-electron chi connectivity index (χ1n) is 8.41. The molecule has 0 aliphatic carbocycles. The number of hydrogen-bond acceptors (Lipinski definition) is 3. The van der Waals surface area contributed by atoms with Gasteiger partial charge in [-0.25, -0.2) is 0 Å². The van der Waals surface area contributed by atoms with Gasteiger partial charge in [0.2, 0.25) is 0 Å². The minimum Gasteiger partial charge on any atom is -0.494 e. The SMILES string of the molecule is CC(C)NCC1CCCCN1CCCOc1ccccc1. The van der Waals surface area contributed by atoms with Crippen molar-refractivity contribution in [1.29, 1.82) is 0 Å². The molecule has 118 valence electrons. The van der Waals surface area contributed by atoms with Crippen molar-refractivity contribution >= 4 is 0 Å². The molecule has 1 unspecified atom stereocenters. The highest BCUT2D eigenvalue weighted by atomic mass is 16.5. The van der Waals surface area contributed by atoms with Crippen LogP contribution in [0.25, 0.3) is 0 Å². The molecule has 0 amide bonds. The van der Waals surface area contributed by atoms with Crippen LogP contribution < -0.4 is 10.1 Å². The van der Waals surface area contributed by atoms with E-state index in [1.165, 1.54) is 25.8 Å². The molecule has 0 saturated carbocycles. The van der Waals surface area contributed by atoms with E-state index in [1.807, 2.05) is 30.3 Å². The summed E-state index contributed by atoms with van der Waals surface area (Å²) in [5.41, 5.74) is 0. The molecule has 1 saturated heterocycles. The Balaban J connectivity index is 1.67. The Morgan fingerprint density at radius 3 is 2.81 bits per heavy atom. The number of benzene rings is 1. The van der Waals surface area contributed by atoms with Crippen LogP contribution in [-0.4, -0.2) is 43.2 Å². The summed E-state index contributed by atoms with van der Waals surface area (Å²) in [5, 5.41) is 3.59. The predicted molar refractivity (Wildman–Crippen MR) is 88.9 cm³/mol. The van der Waals surface area contributed by atoms with Gasteiger partial charge in [0.05, 0.1) is 6.61 Å². The van der Waals surface area contributed by atoms with Gasteiger partial charge in [-0.05, 0) is 37.9 Å². The maximum atomic E-state index is 5.79. The van der Waals surface area contributed by atoms with Crippen LogP contribution in [0, 0.1) is 0 Å². The van der Waals surface area contributed by atoms with Gasteiger partial charge in [-0.15, -0.1) is 0 Å². The molecule has 1 heterocycles. The van der Waals surface area contributed by atoms with E-state index in [-0.39, 0.29) is 0 Å². The molecule has 1 atom stereocenters. The molecule has 0 bridgehead atoms. The molecule has 3 heteroatoms. The van der Waals surface area contributed by atoms with Crippen LogP contribution in [0.3, 0.4) is 0 Å². The average Bonchev–Trinajstić information content (AvgIpc) is 2.51. The largest absolute Gasteiger partial charge is 0.494 e. The molecule has 0 aromatic heterocycles. The highest BCUT2D eigenvalue weighted by molar-refractivity contribution is 5.20. The summed E-state index contributed by atoms with van der Waals surface area (Å²) >= 11 is 0. The summed E-state index contributed by atoms with van der Waals surface area (Å²) in [6.45, 7) is 8.77. The minimum atomic E-state index is 0.579. The third kappa shape index (κ3) is 6.06. The fraction of sp³-hybridized carbons (Fsp3) is 0.667.